The second-order valence-electron chi connectivity index (χ2n) is 8.38. The molecule has 0 atom stereocenters. The summed E-state index contributed by atoms with van der Waals surface area (Å²) in [5.41, 5.74) is 6.01. The van der Waals surface area contributed by atoms with Crippen LogP contribution >= 0.6 is 0 Å². The van der Waals surface area contributed by atoms with Crippen molar-refractivity contribution in [3.05, 3.63) is 124 Å². The van der Waals surface area contributed by atoms with Crippen molar-refractivity contribution in [1.29, 1.82) is 0 Å². The first-order chi connectivity index (χ1) is 16.9. The zero-order valence-electron chi connectivity index (χ0n) is 19.7. The first-order valence-corrected chi connectivity index (χ1v) is 11.3. The summed E-state index contributed by atoms with van der Waals surface area (Å²) in [6.45, 7) is 0. The number of carbonyl (C=O) groups is 1. The Labute approximate surface area is 203 Å². The number of hydrogen-bond donors (Lipinski definition) is 0. The van der Waals surface area contributed by atoms with Gasteiger partial charge in [-0.2, -0.15) is 0 Å². The number of allylic oxidation sites excluding steroid dienone is 1. The molecule has 6 heteroatoms. The van der Waals surface area contributed by atoms with Gasteiger partial charge in [-0.25, -0.2) is 18.6 Å². The van der Waals surface area contributed by atoms with Gasteiger partial charge in [0, 0.05) is 25.4 Å². The maximum absolute atomic E-state index is 13.6. The van der Waals surface area contributed by atoms with E-state index in [4.69, 9.17) is 4.74 Å². The average Bonchev–Trinajstić information content (AvgIpc) is 3.27. The second kappa shape index (κ2) is 10.9. The highest BCUT2D eigenvalue weighted by molar-refractivity contribution is 5.93. The van der Waals surface area contributed by atoms with Crippen LogP contribution in [0.2, 0.25) is 0 Å². The van der Waals surface area contributed by atoms with Gasteiger partial charge in [0.1, 0.15) is 11.6 Å². The molecule has 4 aromatic rings. The fourth-order valence-corrected chi connectivity index (χ4v) is 3.98. The highest BCUT2D eigenvalue weighted by atomic mass is 19.1. The van der Waals surface area contributed by atoms with Crippen molar-refractivity contribution >= 4 is 17.6 Å². The van der Waals surface area contributed by atoms with Gasteiger partial charge in [-0.3, -0.25) is 0 Å². The monoisotopic (exact) mass is 472 g/mol. The van der Waals surface area contributed by atoms with Crippen LogP contribution in [0.15, 0.2) is 79.3 Å². The van der Waals surface area contributed by atoms with Gasteiger partial charge in [0.15, 0.2) is 0 Å². The van der Waals surface area contributed by atoms with Gasteiger partial charge in [-0.1, -0.05) is 42.5 Å². The summed E-state index contributed by atoms with van der Waals surface area (Å²) in [6, 6.07) is 18.4. The number of halogens is 2. The molecule has 0 aliphatic rings. The van der Waals surface area contributed by atoms with Crippen molar-refractivity contribution in [3.8, 4) is 0 Å². The lowest BCUT2D eigenvalue weighted by atomic mass is 9.94. The lowest BCUT2D eigenvalue weighted by Gasteiger charge is -2.12. The minimum absolute atomic E-state index is 0.275. The third-order valence-electron chi connectivity index (χ3n) is 5.98. The fraction of sp³-hybridized carbons (Fsp3) is 0.172. The number of carbonyl (C=O) groups excluding carboxylic acids is 1. The Hall–Kier alpha value is -4.06. The van der Waals surface area contributed by atoms with Crippen molar-refractivity contribution in [2.24, 2.45) is 7.05 Å². The molecule has 1 aromatic heterocycles. The first-order valence-electron chi connectivity index (χ1n) is 11.3. The lowest BCUT2D eigenvalue weighted by Crippen LogP contribution is -2.07. The van der Waals surface area contributed by atoms with Crippen molar-refractivity contribution in [1.82, 2.24) is 9.55 Å². The van der Waals surface area contributed by atoms with Gasteiger partial charge in [0.2, 0.25) is 0 Å². The molecular weight excluding hydrogens is 446 g/mol. The molecule has 3 aromatic carbocycles. The zero-order chi connectivity index (χ0) is 24.8. The number of esters is 1. The molecule has 0 aliphatic heterocycles. The summed E-state index contributed by atoms with van der Waals surface area (Å²) >= 11 is 0. The van der Waals surface area contributed by atoms with Gasteiger partial charge in [0.05, 0.1) is 19.0 Å². The number of imidazole rings is 1. The molecule has 4 nitrogen and oxygen atoms in total. The molecule has 0 saturated carbocycles. The summed E-state index contributed by atoms with van der Waals surface area (Å²) in [5, 5.41) is 0. The maximum atomic E-state index is 13.6. The Morgan fingerprint density at radius 3 is 2.29 bits per heavy atom. The highest BCUT2D eigenvalue weighted by Gasteiger charge is 2.14. The van der Waals surface area contributed by atoms with Gasteiger partial charge < -0.3 is 9.30 Å². The number of rotatable bonds is 8. The predicted octanol–water partition coefficient (Wildman–Crippen LogP) is 6.05. The standard InChI is InChI=1S/C29H26F2N2O2/c1-33-19-32-18-27(33)17-24(22-9-13-26(31)14-10-22)15-21-4-8-23(28(16-21)29(34)35-2)7-3-20-5-11-25(30)12-6-20/h4-6,8-16,18-19H,3,7,17H2,1-2H3/b24-15+. The van der Waals surface area contributed by atoms with E-state index >= 15 is 0 Å². The first kappa shape index (κ1) is 24.1. The van der Waals surface area contributed by atoms with Crippen LogP contribution in [-0.4, -0.2) is 22.6 Å². The van der Waals surface area contributed by atoms with E-state index < -0.39 is 5.97 Å². The van der Waals surface area contributed by atoms with Crippen LogP contribution in [0.1, 0.15) is 38.3 Å². The molecule has 0 unspecified atom stereocenters. The zero-order valence-corrected chi connectivity index (χ0v) is 19.7. The van der Waals surface area contributed by atoms with E-state index in [2.05, 4.69) is 4.98 Å². The summed E-state index contributed by atoms with van der Waals surface area (Å²) in [6.07, 6.45) is 7.40. The summed E-state index contributed by atoms with van der Waals surface area (Å²) in [5.74, 6) is -0.986. The number of methoxy groups -OCH3 is 1. The largest absolute Gasteiger partial charge is 0.465 e. The van der Waals surface area contributed by atoms with Crippen LogP contribution in [0, 0.1) is 11.6 Å². The lowest BCUT2D eigenvalue weighted by molar-refractivity contribution is 0.0599. The number of ether oxygens (including phenoxy) is 1. The fourth-order valence-electron chi connectivity index (χ4n) is 3.98. The maximum Gasteiger partial charge on any atom is 0.338 e. The number of hydrogen-bond acceptors (Lipinski definition) is 3. The molecule has 0 aliphatic carbocycles. The molecule has 0 bridgehead atoms. The van der Waals surface area contributed by atoms with Crippen molar-refractivity contribution < 1.29 is 18.3 Å². The van der Waals surface area contributed by atoms with Gasteiger partial charge >= 0.3 is 5.97 Å². The molecule has 178 valence electrons. The van der Waals surface area contributed by atoms with E-state index in [0.29, 0.717) is 24.8 Å². The Morgan fingerprint density at radius 1 is 0.971 bits per heavy atom. The van der Waals surface area contributed by atoms with Crippen molar-refractivity contribution in [3.63, 3.8) is 0 Å². The minimum atomic E-state index is -0.413. The molecular formula is C29H26F2N2O2. The summed E-state index contributed by atoms with van der Waals surface area (Å²) in [7, 11) is 3.29. The number of benzene rings is 3. The Kier molecular flexibility index (Phi) is 7.51. The second-order valence-corrected chi connectivity index (χ2v) is 8.38. The van der Waals surface area contributed by atoms with Gasteiger partial charge in [0.25, 0.3) is 0 Å². The molecule has 0 radical (unpaired) electrons. The number of aryl methyl sites for hydroxylation is 3. The third kappa shape index (κ3) is 6.09. The number of nitrogens with zero attached hydrogens (tertiary/aromatic N) is 2. The van der Waals surface area contributed by atoms with Crippen molar-refractivity contribution in [2.45, 2.75) is 19.3 Å². The van der Waals surface area contributed by atoms with E-state index in [9.17, 15) is 13.6 Å². The molecule has 0 fully saturated rings. The summed E-state index contributed by atoms with van der Waals surface area (Å²) < 4.78 is 33.7. The van der Waals surface area contributed by atoms with Crippen molar-refractivity contribution in [2.75, 3.05) is 7.11 Å². The Balaban J connectivity index is 1.67. The van der Waals surface area contributed by atoms with Crippen LogP contribution < -0.4 is 0 Å². The molecule has 0 spiro atoms. The molecule has 0 saturated heterocycles. The molecule has 35 heavy (non-hydrogen) atoms. The van der Waals surface area contributed by atoms with Crippen LogP contribution in [0.3, 0.4) is 0 Å². The van der Waals surface area contributed by atoms with Gasteiger partial charge in [-0.15, -0.1) is 0 Å². The molecule has 1 heterocycles. The minimum Gasteiger partial charge on any atom is -0.465 e. The van der Waals surface area contributed by atoms with E-state index in [0.717, 1.165) is 33.5 Å². The number of aromatic nitrogens is 2. The average molecular weight is 473 g/mol. The highest BCUT2D eigenvalue weighted by Crippen LogP contribution is 2.25. The van der Waals surface area contributed by atoms with Crippen LogP contribution in [0.4, 0.5) is 8.78 Å². The SMILES string of the molecule is COC(=O)c1cc(/C=C(\Cc2cncn2C)c2ccc(F)cc2)ccc1CCc1ccc(F)cc1. The van der Waals surface area contributed by atoms with Crippen LogP contribution in [0.25, 0.3) is 11.6 Å². The van der Waals surface area contributed by atoms with E-state index in [-0.39, 0.29) is 11.6 Å². The molecule has 0 N–H and O–H groups in total. The van der Waals surface area contributed by atoms with Crippen LogP contribution in [-0.2, 0) is 31.0 Å². The normalized spacial score (nSPS) is 11.5. The smallest absolute Gasteiger partial charge is 0.338 e. The Bertz CT molecular complexity index is 1340. The molecule has 4 rings (SSSR count). The van der Waals surface area contributed by atoms with E-state index in [1.807, 2.05) is 35.9 Å². The van der Waals surface area contributed by atoms with E-state index in [1.165, 1.54) is 31.4 Å². The topological polar surface area (TPSA) is 44.1 Å². The quantitative estimate of drug-likeness (QED) is 0.232. The van der Waals surface area contributed by atoms with Gasteiger partial charge in [-0.05, 0) is 71.0 Å². The Morgan fingerprint density at radius 2 is 1.66 bits per heavy atom. The predicted molar refractivity (Wildman–Crippen MR) is 133 cm³/mol. The third-order valence-corrected chi connectivity index (χ3v) is 5.98. The van der Waals surface area contributed by atoms with E-state index in [1.54, 1.807) is 36.8 Å². The van der Waals surface area contributed by atoms with Crippen LogP contribution in [0.5, 0.6) is 0 Å². The summed E-state index contributed by atoms with van der Waals surface area (Å²) in [4.78, 5) is 16.8. The molecule has 0 amide bonds.